The third-order valence-electron chi connectivity index (χ3n) is 4.85. The lowest BCUT2D eigenvalue weighted by Crippen LogP contribution is -2.20. The van der Waals surface area contributed by atoms with Gasteiger partial charge in [-0.3, -0.25) is 9.59 Å². The van der Waals surface area contributed by atoms with E-state index in [1.54, 1.807) is 54.6 Å². The minimum Gasteiger partial charge on any atom is -0.490 e. The first kappa shape index (κ1) is 25.8. The van der Waals surface area contributed by atoms with E-state index in [0.29, 0.717) is 44.7 Å². The van der Waals surface area contributed by atoms with E-state index in [1.165, 1.54) is 12.1 Å². The summed E-state index contributed by atoms with van der Waals surface area (Å²) >= 11 is 13.4. The number of carbonyl (C=O) groups is 2. The Hall–Kier alpha value is -3.33. The first-order valence-corrected chi connectivity index (χ1v) is 12.3. The smallest absolute Gasteiger partial charge is 0.279 e. The monoisotopic (exact) mass is 544 g/mol. The van der Waals surface area contributed by atoms with Gasteiger partial charge >= 0.3 is 0 Å². The third-order valence-corrected chi connectivity index (χ3v) is 6.29. The van der Waals surface area contributed by atoms with Crippen molar-refractivity contribution in [2.45, 2.75) is 13.5 Å². The van der Waals surface area contributed by atoms with Gasteiger partial charge in [-0.1, -0.05) is 35.3 Å². The quantitative estimate of drug-likeness (QED) is 0.343. The summed E-state index contributed by atoms with van der Waals surface area (Å²) in [5.74, 6) is -0.576. The molecule has 0 bridgehead atoms. The Morgan fingerprint density at radius 2 is 1.89 bits per heavy atom. The van der Waals surface area contributed by atoms with Crippen LogP contribution in [0.15, 0.2) is 70.6 Å². The summed E-state index contributed by atoms with van der Waals surface area (Å²) in [7, 11) is 0. The fourth-order valence-corrected chi connectivity index (χ4v) is 4.46. The van der Waals surface area contributed by atoms with Crippen LogP contribution in [-0.2, 0) is 11.4 Å². The Kier molecular flexibility index (Phi) is 8.30. The Morgan fingerprint density at radius 1 is 1.11 bits per heavy atom. The van der Waals surface area contributed by atoms with Gasteiger partial charge in [0.2, 0.25) is 0 Å². The maximum atomic E-state index is 13.5. The van der Waals surface area contributed by atoms with Gasteiger partial charge in [0.25, 0.3) is 11.8 Å². The first-order valence-electron chi connectivity index (χ1n) is 10.8. The molecule has 36 heavy (non-hydrogen) atoms. The number of hydrogen-bond donors (Lipinski definition) is 1. The molecule has 1 saturated heterocycles. The number of hydrogen-bond acceptors (Lipinski definition) is 5. The Bertz CT molecular complexity index is 1380. The van der Waals surface area contributed by atoms with E-state index in [4.69, 9.17) is 32.7 Å². The maximum absolute atomic E-state index is 13.5. The second kappa shape index (κ2) is 11.6. The van der Waals surface area contributed by atoms with E-state index in [9.17, 15) is 14.0 Å². The average Bonchev–Trinajstić information content (AvgIpc) is 3.17. The Labute approximate surface area is 221 Å². The van der Waals surface area contributed by atoms with Crippen molar-refractivity contribution >= 4 is 58.0 Å². The molecule has 1 aliphatic heterocycles. The van der Waals surface area contributed by atoms with Gasteiger partial charge in [-0.15, -0.1) is 0 Å². The highest BCUT2D eigenvalue weighted by Crippen LogP contribution is 2.38. The number of thioether (sulfide) groups is 1. The van der Waals surface area contributed by atoms with E-state index < -0.39 is 11.8 Å². The molecule has 10 heteroatoms. The van der Waals surface area contributed by atoms with Gasteiger partial charge in [-0.2, -0.15) is 4.99 Å². The molecular weight excluding hydrogens is 526 g/mol. The van der Waals surface area contributed by atoms with Crippen molar-refractivity contribution in [3.63, 3.8) is 0 Å². The molecule has 3 aromatic rings. The lowest BCUT2D eigenvalue weighted by Gasteiger charge is -2.14. The minimum atomic E-state index is -0.503. The van der Waals surface area contributed by atoms with Crippen molar-refractivity contribution in [1.82, 2.24) is 5.32 Å². The van der Waals surface area contributed by atoms with Crippen molar-refractivity contribution in [3.05, 3.63) is 98.1 Å². The number of rotatable bonds is 7. The van der Waals surface area contributed by atoms with Crippen LogP contribution < -0.4 is 14.8 Å². The van der Waals surface area contributed by atoms with Gasteiger partial charge in [0.05, 0.1) is 16.5 Å². The largest absolute Gasteiger partial charge is 0.490 e. The molecule has 1 heterocycles. The number of amidine groups is 1. The molecule has 0 spiro atoms. The predicted molar refractivity (Wildman–Crippen MR) is 140 cm³/mol. The zero-order valence-electron chi connectivity index (χ0n) is 18.9. The van der Waals surface area contributed by atoms with Crippen LogP contribution in [0.4, 0.5) is 4.39 Å². The summed E-state index contributed by atoms with van der Waals surface area (Å²) in [4.78, 5) is 29.2. The van der Waals surface area contributed by atoms with Crippen LogP contribution in [0.25, 0.3) is 6.08 Å². The van der Waals surface area contributed by atoms with Gasteiger partial charge in [-0.05, 0) is 84.4 Å². The number of halogens is 3. The summed E-state index contributed by atoms with van der Waals surface area (Å²) in [6.07, 6.45) is 1.61. The number of ether oxygens (including phenoxy) is 2. The number of benzene rings is 3. The van der Waals surface area contributed by atoms with Crippen LogP contribution >= 0.6 is 35.0 Å². The van der Waals surface area contributed by atoms with Crippen molar-refractivity contribution in [2.24, 2.45) is 4.99 Å². The molecule has 184 valence electrons. The molecule has 3 aromatic carbocycles. The van der Waals surface area contributed by atoms with Gasteiger partial charge in [0.15, 0.2) is 16.7 Å². The predicted octanol–water partition coefficient (Wildman–Crippen LogP) is 6.51. The molecule has 1 fully saturated rings. The van der Waals surface area contributed by atoms with Gasteiger partial charge in [0, 0.05) is 10.6 Å². The molecule has 2 amide bonds. The molecule has 0 aromatic heterocycles. The number of nitrogens with zero attached hydrogens (tertiary/aromatic N) is 1. The number of aliphatic imine (C=N–C) groups is 1. The Morgan fingerprint density at radius 3 is 2.61 bits per heavy atom. The molecule has 0 aliphatic carbocycles. The van der Waals surface area contributed by atoms with Crippen LogP contribution in [-0.4, -0.2) is 23.6 Å². The molecule has 0 radical (unpaired) electrons. The second-order valence-electron chi connectivity index (χ2n) is 7.48. The summed E-state index contributed by atoms with van der Waals surface area (Å²) in [5.41, 5.74) is 1.57. The van der Waals surface area contributed by atoms with Crippen LogP contribution in [0.2, 0.25) is 10.0 Å². The highest BCUT2D eigenvalue weighted by Gasteiger charge is 2.25. The summed E-state index contributed by atoms with van der Waals surface area (Å²) in [5, 5.41) is 3.52. The molecule has 0 unspecified atom stereocenters. The van der Waals surface area contributed by atoms with Gasteiger partial charge in [-0.25, -0.2) is 4.39 Å². The highest BCUT2D eigenvalue weighted by molar-refractivity contribution is 8.18. The zero-order valence-corrected chi connectivity index (χ0v) is 21.2. The molecular formula is C26H19Cl2FN2O4S. The Balaban J connectivity index is 1.53. The second-order valence-corrected chi connectivity index (χ2v) is 9.35. The minimum absolute atomic E-state index is 0.0950. The fraction of sp³-hybridized carbons (Fsp3) is 0.115. The van der Waals surface area contributed by atoms with E-state index in [0.717, 1.165) is 11.8 Å². The van der Waals surface area contributed by atoms with Gasteiger partial charge < -0.3 is 14.8 Å². The van der Waals surface area contributed by atoms with E-state index in [-0.39, 0.29) is 22.6 Å². The normalized spacial score (nSPS) is 15.3. The maximum Gasteiger partial charge on any atom is 0.279 e. The average molecular weight is 545 g/mol. The van der Waals surface area contributed by atoms with E-state index in [2.05, 4.69) is 10.3 Å². The topological polar surface area (TPSA) is 77.0 Å². The number of amides is 2. The summed E-state index contributed by atoms with van der Waals surface area (Å²) < 4.78 is 25.0. The lowest BCUT2D eigenvalue weighted by atomic mass is 10.1. The first-order chi connectivity index (χ1) is 17.3. The van der Waals surface area contributed by atoms with E-state index in [1.807, 2.05) is 6.92 Å². The van der Waals surface area contributed by atoms with Crippen LogP contribution in [0, 0.1) is 5.82 Å². The van der Waals surface area contributed by atoms with Crippen molar-refractivity contribution in [2.75, 3.05) is 6.61 Å². The molecule has 4 rings (SSSR count). The molecule has 1 aliphatic rings. The summed E-state index contributed by atoms with van der Waals surface area (Å²) in [6, 6.07) is 15.7. The third kappa shape index (κ3) is 6.46. The molecule has 0 atom stereocenters. The fourth-order valence-electron chi connectivity index (χ4n) is 3.24. The van der Waals surface area contributed by atoms with Crippen LogP contribution in [0.5, 0.6) is 11.5 Å². The molecule has 0 saturated carbocycles. The van der Waals surface area contributed by atoms with Crippen molar-refractivity contribution in [1.29, 1.82) is 0 Å². The van der Waals surface area contributed by atoms with Gasteiger partial charge in [0.1, 0.15) is 12.4 Å². The summed E-state index contributed by atoms with van der Waals surface area (Å²) in [6.45, 7) is 2.26. The van der Waals surface area contributed by atoms with Crippen molar-refractivity contribution in [3.8, 4) is 11.5 Å². The van der Waals surface area contributed by atoms with Crippen LogP contribution in [0.1, 0.15) is 28.4 Å². The standard InChI is InChI=1S/C26H19Cl2FN2O4S/c1-2-34-21-12-16(11-20(28)23(21)35-14-15-4-3-5-19(29)10-15)13-22-25(33)31-26(36-22)30-24(32)17-6-8-18(27)9-7-17/h3-13H,2,14H2,1H3,(H,30,31,32,33)/b22-13-. The van der Waals surface area contributed by atoms with Crippen LogP contribution in [0.3, 0.4) is 0 Å². The SMILES string of the molecule is CCOc1cc(/C=C2\SC(=NC(=O)c3ccc(Cl)cc3)NC2=O)cc(Cl)c1OCc1cccc(F)c1. The lowest BCUT2D eigenvalue weighted by molar-refractivity contribution is -0.115. The number of nitrogens with one attached hydrogen (secondary N) is 1. The number of carbonyl (C=O) groups excluding carboxylic acids is 2. The van der Waals surface area contributed by atoms with E-state index >= 15 is 0 Å². The molecule has 1 N–H and O–H groups in total. The highest BCUT2D eigenvalue weighted by atomic mass is 35.5. The zero-order chi connectivity index (χ0) is 25.7. The van der Waals surface area contributed by atoms with Crippen molar-refractivity contribution < 1.29 is 23.5 Å². The molecule has 6 nitrogen and oxygen atoms in total.